The van der Waals surface area contributed by atoms with Crippen LogP contribution in [-0.2, 0) is 13.5 Å². The second kappa shape index (κ2) is 7.60. The zero-order chi connectivity index (χ0) is 19.5. The summed E-state index contributed by atoms with van der Waals surface area (Å²) >= 11 is 0. The highest BCUT2D eigenvalue weighted by atomic mass is 16.1. The first kappa shape index (κ1) is 17.9. The second-order valence-corrected chi connectivity index (χ2v) is 6.81. The minimum atomic E-state index is -0.120. The molecule has 140 valence electrons. The summed E-state index contributed by atoms with van der Waals surface area (Å²) in [5, 5.41) is 8.14. The van der Waals surface area contributed by atoms with Crippen LogP contribution in [0.3, 0.4) is 0 Å². The van der Waals surface area contributed by atoms with Crippen LogP contribution in [0.25, 0.3) is 22.3 Å². The number of nitrogens with one attached hydrogen (secondary N) is 1. The first-order chi connectivity index (χ1) is 13.6. The van der Waals surface area contributed by atoms with E-state index in [1.807, 2.05) is 68.6 Å². The molecule has 0 fully saturated rings. The molecular weight excluding hydrogens is 350 g/mol. The molecule has 1 atom stereocenters. The molecule has 0 saturated heterocycles. The van der Waals surface area contributed by atoms with Gasteiger partial charge in [0.25, 0.3) is 5.91 Å². The molecule has 1 unspecified atom stereocenters. The molecule has 0 spiro atoms. The van der Waals surface area contributed by atoms with Crippen LogP contribution in [0, 0.1) is 0 Å². The number of rotatable bonds is 5. The van der Waals surface area contributed by atoms with Crippen LogP contribution in [0.5, 0.6) is 0 Å². The number of para-hydroxylation sites is 1. The molecule has 1 amide bonds. The molecule has 4 rings (SSSR count). The molecule has 0 aliphatic heterocycles. The van der Waals surface area contributed by atoms with Crippen molar-refractivity contribution < 1.29 is 4.79 Å². The molecular formula is C22H21N5O. The smallest absolute Gasteiger partial charge is 0.252 e. The molecule has 6 nitrogen and oxygen atoms in total. The maximum atomic E-state index is 13.1. The zero-order valence-corrected chi connectivity index (χ0v) is 15.8. The molecule has 0 radical (unpaired) electrons. The Hall–Kier alpha value is -3.54. The fourth-order valence-corrected chi connectivity index (χ4v) is 3.30. The molecule has 28 heavy (non-hydrogen) atoms. The van der Waals surface area contributed by atoms with Crippen LogP contribution in [0.2, 0.25) is 0 Å². The minimum absolute atomic E-state index is 0.0468. The number of fused-ring (bicyclic) bond motifs is 1. The lowest BCUT2D eigenvalue weighted by molar-refractivity contribution is 0.0941. The number of pyridine rings is 2. The number of hydrogen-bond acceptors (Lipinski definition) is 4. The number of benzene rings is 1. The summed E-state index contributed by atoms with van der Waals surface area (Å²) in [6, 6.07) is 17.2. The zero-order valence-electron chi connectivity index (χ0n) is 15.8. The van der Waals surface area contributed by atoms with E-state index in [0.29, 0.717) is 12.0 Å². The van der Waals surface area contributed by atoms with Crippen molar-refractivity contribution in [2.45, 2.75) is 19.4 Å². The van der Waals surface area contributed by atoms with E-state index in [4.69, 9.17) is 4.98 Å². The average Bonchev–Trinajstić information content (AvgIpc) is 3.13. The molecule has 0 bridgehead atoms. The Morgan fingerprint density at radius 1 is 1.11 bits per heavy atom. The van der Waals surface area contributed by atoms with E-state index in [1.54, 1.807) is 17.1 Å². The Kier molecular flexibility index (Phi) is 4.85. The Morgan fingerprint density at radius 2 is 1.93 bits per heavy atom. The fraction of sp³-hybridized carbons (Fsp3) is 0.182. The van der Waals surface area contributed by atoms with Crippen LogP contribution < -0.4 is 5.32 Å². The maximum absolute atomic E-state index is 13.1. The van der Waals surface area contributed by atoms with Crippen LogP contribution in [0.4, 0.5) is 0 Å². The number of carbonyl (C=O) groups excluding carboxylic acids is 1. The molecule has 0 aliphatic carbocycles. The van der Waals surface area contributed by atoms with Crippen molar-refractivity contribution >= 4 is 16.8 Å². The summed E-state index contributed by atoms with van der Waals surface area (Å²) in [6.07, 6.45) is 4.16. The molecule has 6 heteroatoms. The first-order valence-corrected chi connectivity index (χ1v) is 9.21. The normalized spacial score (nSPS) is 12.1. The number of aryl methyl sites for hydroxylation is 1. The summed E-state index contributed by atoms with van der Waals surface area (Å²) < 4.78 is 1.75. The van der Waals surface area contributed by atoms with E-state index in [-0.39, 0.29) is 11.9 Å². The lowest BCUT2D eigenvalue weighted by Gasteiger charge is -2.15. The number of nitrogens with zero attached hydrogens (tertiary/aromatic N) is 4. The van der Waals surface area contributed by atoms with Gasteiger partial charge in [-0.25, -0.2) is 4.98 Å². The summed E-state index contributed by atoms with van der Waals surface area (Å²) in [7, 11) is 1.86. The quantitative estimate of drug-likeness (QED) is 0.584. The van der Waals surface area contributed by atoms with E-state index in [0.717, 1.165) is 28.0 Å². The number of carbonyl (C=O) groups is 1. The van der Waals surface area contributed by atoms with Crippen molar-refractivity contribution in [3.63, 3.8) is 0 Å². The summed E-state index contributed by atoms with van der Waals surface area (Å²) in [5.41, 5.74) is 3.92. The standard InChI is InChI=1S/C22H21N5O/c1-15(13-16-7-5-6-11-23-16)25-22(28)18-14-20(21-10-12-24-27(21)2)26-19-9-4-3-8-17(18)19/h3-12,14-15H,13H2,1-2H3,(H,25,28). The molecule has 4 aromatic rings. The predicted molar refractivity (Wildman–Crippen MR) is 109 cm³/mol. The summed E-state index contributed by atoms with van der Waals surface area (Å²) in [5.74, 6) is -0.120. The third-order valence-electron chi connectivity index (χ3n) is 4.66. The molecule has 0 saturated carbocycles. The average molecular weight is 371 g/mol. The van der Waals surface area contributed by atoms with E-state index in [1.165, 1.54) is 0 Å². The third-order valence-corrected chi connectivity index (χ3v) is 4.66. The van der Waals surface area contributed by atoms with Crippen molar-refractivity contribution in [3.8, 4) is 11.4 Å². The maximum Gasteiger partial charge on any atom is 0.252 e. The summed E-state index contributed by atoms with van der Waals surface area (Å²) in [4.78, 5) is 22.1. The highest BCUT2D eigenvalue weighted by molar-refractivity contribution is 6.07. The van der Waals surface area contributed by atoms with Gasteiger partial charge in [0.1, 0.15) is 0 Å². The fourth-order valence-electron chi connectivity index (χ4n) is 3.30. The van der Waals surface area contributed by atoms with Gasteiger partial charge in [0.05, 0.1) is 22.5 Å². The van der Waals surface area contributed by atoms with Gasteiger partial charge < -0.3 is 5.32 Å². The number of amides is 1. The molecule has 1 N–H and O–H groups in total. The highest BCUT2D eigenvalue weighted by Gasteiger charge is 2.17. The van der Waals surface area contributed by atoms with Crippen LogP contribution in [-0.4, -0.2) is 31.7 Å². The van der Waals surface area contributed by atoms with E-state index < -0.39 is 0 Å². The van der Waals surface area contributed by atoms with E-state index in [9.17, 15) is 4.79 Å². The third kappa shape index (κ3) is 3.62. The summed E-state index contributed by atoms with van der Waals surface area (Å²) in [6.45, 7) is 1.98. The SMILES string of the molecule is CC(Cc1ccccn1)NC(=O)c1cc(-c2ccnn2C)nc2ccccc12. The topological polar surface area (TPSA) is 72.7 Å². The van der Waals surface area contributed by atoms with Gasteiger partial charge in [0.15, 0.2) is 0 Å². The van der Waals surface area contributed by atoms with Gasteiger partial charge in [-0.15, -0.1) is 0 Å². The van der Waals surface area contributed by atoms with Gasteiger partial charge in [-0.3, -0.25) is 14.5 Å². The molecule has 1 aromatic carbocycles. The highest BCUT2D eigenvalue weighted by Crippen LogP contribution is 2.24. The van der Waals surface area contributed by atoms with Crippen molar-refractivity contribution in [2.75, 3.05) is 0 Å². The van der Waals surface area contributed by atoms with E-state index >= 15 is 0 Å². The predicted octanol–water partition coefficient (Wildman–Crippen LogP) is 3.39. The van der Waals surface area contributed by atoms with Crippen molar-refractivity contribution in [3.05, 3.63) is 78.2 Å². The molecule has 0 aliphatic rings. The Labute approximate surface area is 163 Å². The molecule has 3 heterocycles. The first-order valence-electron chi connectivity index (χ1n) is 9.21. The lowest BCUT2D eigenvalue weighted by atomic mass is 10.0. The Morgan fingerprint density at radius 3 is 2.68 bits per heavy atom. The monoisotopic (exact) mass is 371 g/mol. The number of hydrogen-bond donors (Lipinski definition) is 1. The minimum Gasteiger partial charge on any atom is -0.349 e. The Balaban J connectivity index is 1.66. The molecule has 3 aromatic heterocycles. The van der Waals surface area contributed by atoms with Gasteiger partial charge in [-0.1, -0.05) is 24.3 Å². The van der Waals surface area contributed by atoms with Crippen molar-refractivity contribution in [2.24, 2.45) is 7.05 Å². The second-order valence-electron chi connectivity index (χ2n) is 6.81. The van der Waals surface area contributed by atoms with Crippen LogP contribution in [0.1, 0.15) is 23.0 Å². The van der Waals surface area contributed by atoms with Gasteiger partial charge in [0.2, 0.25) is 0 Å². The van der Waals surface area contributed by atoms with Gasteiger partial charge in [-0.05, 0) is 37.3 Å². The van der Waals surface area contributed by atoms with Crippen LogP contribution in [0.15, 0.2) is 67.0 Å². The Bertz CT molecular complexity index is 1120. The van der Waals surface area contributed by atoms with Gasteiger partial charge in [0, 0.05) is 43.0 Å². The van der Waals surface area contributed by atoms with Crippen LogP contribution >= 0.6 is 0 Å². The van der Waals surface area contributed by atoms with Crippen molar-refractivity contribution in [1.29, 1.82) is 0 Å². The van der Waals surface area contributed by atoms with E-state index in [2.05, 4.69) is 15.4 Å². The number of aromatic nitrogens is 4. The van der Waals surface area contributed by atoms with Crippen molar-refractivity contribution in [1.82, 2.24) is 25.1 Å². The lowest BCUT2D eigenvalue weighted by Crippen LogP contribution is -2.34. The van der Waals surface area contributed by atoms with Gasteiger partial charge >= 0.3 is 0 Å². The van der Waals surface area contributed by atoms with Gasteiger partial charge in [-0.2, -0.15) is 5.10 Å². The largest absolute Gasteiger partial charge is 0.349 e.